The van der Waals surface area contributed by atoms with Gasteiger partial charge in [0.25, 0.3) is 0 Å². The fraction of sp³-hybridized carbons (Fsp3) is 0.348. The predicted octanol–water partition coefficient (Wildman–Crippen LogP) is 4.92. The van der Waals surface area contributed by atoms with Crippen molar-refractivity contribution in [3.05, 3.63) is 59.8 Å². The Morgan fingerprint density at radius 3 is 2.29 bits per heavy atom. The van der Waals surface area contributed by atoms with Crippen molar-refractivity contribution in [1.29, 1.82) is 0 Å². The quantitative estimate of drug-likeness (QED) is 0.633. The standard InChI is InChI=1S/C23H26N2O2S/c1-16-4-7-19(8-5-16)28(26,27)22-15-24-21-9-6-18(3)14-20(21)23(22)25-12-10-17(2)11-13-25/h4-9,14-15,17H,10-13H2,1-3H3. The van der Waals surface area contributed by atoms with E-state index < -0.39 is 9.84 Å². The van der Waals surface area contributed by atoms with Crippen LogP contribution in [0.4, 0.5) is 5.69 Å². The lowest BCUT2D eigenvalue weighted by atomic mass is 9.98. The molecule has 5 heteroatoms. The molecule has 146 valence electrons. The number of pyridine rings is 1. The molecule has 0 saturated carbocycles. The first-order chi connectivity index (χ1) is 13.4. The molecule has 1 aliphatic heterocycles. The van der Waals surface area contributed by atoms with Crippen LogP contribution in [0, 0.1) is 19.8 Å². The van der Waals surface area contributed by atoms with Crippen LogP contribution in [0.3, 0.4) is 0 Å². The third-order valence-corrected chi connectivity index (χ3v) is 7.45. The minimum absolute atomic E-state index is 0.309. The number of piperidine rings is 1. The molecule has 2 heterocycles. The number of benzene rings is 2. The molecule has 0 aliphatic carbocycles. The molecule has 4 nitrogen and oxygen atoms in total. The first-order valence-corrected chi connectivity index (χ1v) is 11.3. The Bertz CT molecular complexity index is 1110. The molecule has 2 aromatic carbocycles. The molecule has 0 bridgehead atoms. The van der Waals surface area contributed by atoms with Gasteiger partial charge in [0.2, 0.25) is 9.84 Å². The van der Waals surface area contributed by atoms with E-state index in [1.165, 1.54) is 0 Å². The summed E-state index contributed by atoms with van der Waals surface area (Å²) in [7, 11) is -3.66. The van der Waals surface area contributed by atoms with E-state index in [0.29, 0.717) is 15.7 Å². The van der Waals surface area contributed by atoms with E-state index in [4.69, 9.17) is 0 Å². The van der Waals surface area contributed by atoms with Crippen LogP contribution in [0.1, 0.15) is 30.9 Å². The summed E-state index contributed by atoms with van der Waals surface area (Å²) in [6.45, 7) is 7.98. The number of anilines is 1. The monoisotopic (exact) mass is 394 g/mol. The highest BCUT2D eigenvalue weighted by molar-refractivity contribution is 7.91. The Morgan fingerprint density at radius 2 is 1.61 bits per heavy atom. The van der Waals surface area contributed by atoms with E-state index in [0.717, 1.165) is 53.6 Å². The van der Waals surface area contributed by atoms with E-state index in [1.54, 1.807) is 18.3 Å². The summed E-state index contributed by atoms with van der Waals surface area (Å²) in [5.74, 6) is 0.670. The average molecular weight is 395 g/mol. The lowest BCUT2D eigenvalue weighted by Crippen LogP contribution is -2.34. The number of aromatic nitrogens is 1. The Hall–Kier alpha value is -2.40. The zero-order valence-electron chi connectivity index (χ0n) is 16.6. The van der Waals surface area contributed by atoms with Gasteiger partial charge in [-0.15, -0.1) is 0 Å². The van der Waals surface area contributed by atoms with Gasteiger partial charge in [-0.25, -0.2) is 8.42 Å². The average Bonchev–Trinajstić information content (AvgIpc) is 2.68. The number of nitrogens with zero attached hydrogens (tertiary/aromatic N) is 2. The van der Waals surface area contributed by atoms with Crippen LogP contribution >= 0.6 is 0 Å². The van der Waals surface area contributed by atoms with Crippen molar-refractivity contribution in [3.63, 3.8) is 0 Å². The molecule has 0 radical (unpaired) electrons. The largest absolute Gasteiger partial charge is 0.370 e. The summed E-state index contributed by atoms with van der Waals surface area (Å²) in [6, 6.07) is 13.1. The van der Waals surface area contributed by atoms with E-state index in [2.05, 4.69) is 22.9 Å². The number of hydrogen-bond donors (Lipinski definition) is 0. The highest BCUT2D eigenvalue weighted by Gasteiger charge is 2.28. The van der Waals surface area contributed by atoms with Crippen molar-refractivity contribution in [3.8, 4) is 0 Å². The van der Waals surface area contributed by atoms with Crippen LogP contribution in [-0.2, 0) is 9.84 Å². The molecular weight excluding hydrogens is 368 g/mol. The van der Waals surface area contributed by atoms with Crippen molar-refractivity contribution >= 4 is 26.4 Å². The SMILES string of the molecule is Cc1ccc(S(=O)(=O)c2cnc3ccc(C)cc3c2N2CCC(C)CC2)cc1. The van der Waals surface area contributed by atoms with Gasteiger partial charge in [-0.1, -0.05) is 36.2 Å². The minimum atomic E-state index is -3.66. The molecule has 0 unspecified atom stereocenters. The zero-order chi connectivity index (χ0) is 19.9. The molecule has 4 rings (SSSR count). The second-order valence-electron chi connectivity index (χ2n) is 7.98. The Balaban J connectivity index is 1.95. The van der Waals surface area contributed by atoms with Crippen molar-refractivity contribution in [2.75, 3.05) is 18.0 Å². The number of rotatable bonds is 3. The smallest absolute Gasteiger partial charge is 0.210 e. The fourth-order valence-electron chi connectivity index (χ4n) is 3.87. The van der Waals surface area contributed by atoms with Gasteiger partial charge >= 0.3 is 0 Å². The second-order valence-corrected chi connectivity index (χ2v) is 9.90. The fourth-order valence-corrected chi connectivity index (χ4v) is 5.31. The zero-order valence-corrected chi connectivity index (χ0v) is 17.5. The van der Waals surface area contributed by atoms with Crippen LogP contribution in [0.15, 0.2) is 58.5 Å². The summed E-state index contributed by atoms with van der Waals surface area (Å²) in [5, 5.41) is 0.919. The molecule has 3 aromatic rings. The summed E-state index contributed by atoms with van der Waals surface area (Å²) < 4.78 is 27.1. The highest BCUT2D eigenvalue weighted by Crippen LogP contribution is 2.38. The molecule has 1 aliphatic rings. The third-order valence-electron chi connectivity index (χ3n) is 5.68. The minimum Gasteiger partial charge on any atom is -0.370 e. The predicted molar refractivity (Wildman–Crippen MR) is 114 cm³/mol. The van der Waals surface area contributed by atoms with Gasteiger partial charge in [-0.2, -0.15) is 0 Å². The number of sulfone groups is 1. The molecule has 28 heavy (non-hydrogen) atoms. The lowest BCUT2D eigenvalue weighted by molar-refractivity contribution is 0.437. The second kappa shape index (κ2) is 7.21. The number of aryl methyl sites for hydroxylation is 2. The highest BCUT2D eigenvalue weighted by atomic mass is 32.2. The maximum Gasteiger partial charge on any atom is 0.210 e. The molecule has 0 amide bonds. The Kier molecular flexibility index (Phi) is 4.88. The van der Waals surface area contributed by atoms with Crippen LogP contribution in [0.25, 0.3) is 10.9 Å². The Morgan fingerprint density at radius 1 is 0.964 bits per heavy atom. The van der Waals surface area contributed by atoms with Crippen LogP contribution in [-0.4, -0.2) is 26.5 Å². The van der Waals surface area contributed by atoms with Gasteiger partial charge in [0.05, 0.1) is 16.1 Å². The van der Waals surface area contributed by atoms with Crippen LogP contribution in [0.2, 0.25) is 0 Å². The Labute approximate surface area is 167 Å². The van der Waals surface area contributed by atoms with Gasteiger partial charge in [0, 0.05) is 24.7 Å². The van der Waals surface area contributed by atoms with E-state index in [1.807, 2.05) is 38.1 Å². The van der Waals surface area contributed by atoms with Gasteiger partial charge < -0.3 is 4.90 Å². The van der Waals surface area contributed by atoms with Crippen LogP contribution in [0.5, 0.6) is 0 Å². The maximum atomic E-state index is 13.5. The van der Waals surface area contributed by atoms with E-state index in [9.17, 15) is 8.42 Å². The van der Waals surface area contributed by atoms with Gasteiger partial charge in [-0.05, 0) is 56.9 Å². The molecule has 0 N–H and O–H groups in total. The van der Waals surface area contributed by atoms with Gasteiger partial charge in [0.1, 0.15) is 4.90 Å². The van der Waals surface area contributed by atoms with Crippen molar-refractivity contribution in [2.24, 2.45) is 5.92 Å². The molecular formula is C23H26N2O2S. The van der Waals surface area contributed by atoms with Gasteiger partial charge in [-0.3, -0.25) is 4.98 Å². The summed E-state index contributed by atoms with van der Waals surface area (Å²) in [4.78, 5) is 7.36. The first kappa shape index (κ1) is 18.9. The lowest BCUT2D eigenvalue weighted by Gasteiger charge is -2.34. The van der Waals surface area contributed by atoms with E-state index in [-0.39, 0.29) is 0 Å². The number of fused-ring (bicyclic) bond motifs is 1. The summed E-state index contributed by atoms with van der Waals surface area (Å²) in [6.07, 6.45) is 3.68. The third kappa shape index (κ3) is 3.39. The van der Waals surface area contributed by atoms with Crippen LogP contribution < -0.4 is 4.90 Å². The van der Waals surface area contributed by atoms with E-state index >= 15 is 0 Å². The van der Waals surface area contributed by atoms with Crippen molar-refractivity contribution in [2.45, 2.75) is 43.4 Å². The van der Waals surface area contributed by atoms with Crippen molar-refractivity contribution < 1.29 is 8.42 Å². The molecule has 1 aromatic heterocycles. The maximum absolute atomic E-state index is 13.5. The van der Waals surface area contributed by atoms with Gasteiger partial charge in [0.15, 0.2) is 0 Å². The molecule has 1 fully saturated rings. The first-order valence-electron chi connectivity index (χ1n) is 9.82. The summed E-state index contributed by atoms with van der Waals surface area (Å²) >= 11 is 0. The van der Waals surface area contributed by atoms with Crippen molar-refractivity contribution in [1.82, 2.24) is 4.98 Å². The molecule has 0 spiro atoms. The molecule has 1 saturated heterocycles. The molecule has 0 atom stereocenters. The topological polar surface area (TPSA) is 50.3 Å². The summed E-state index contributed by atoms with van der Waals surface area (Å²) in [5.41, 5.74) is 3.78. The normalized spacial score (nSPS) is 15.9. The number of hydrogen-bond acceptors (Lipinski definition) is 4.